The summed E-state index contributed by atoms with van der Waals surface area (Å²) in [6.45, 7) is 2.16. The highest BCUT2D eigenvalue weighted by Crippen LogP contribution is 2.66. The number of benzene rings is 1. The maximum absolute atomic E-state index is 12.1. The number of anilines is 1. The molecule has 0 aliphatic carbocycles. The monoisotopic (exact) mass is 741 g/mol. The highest BCUT2D eigenvalue weighted by atomic mass is 31.3. The molecule has 6 atom stereocenters. The Hall–Kier alpha value is -3.20. The molecule has 1 fully saturated rings. The first-order valence-corrected chi connectivity index (χ1v) is 18.1. The molecule has 0 amide bonds. The second kappa shape index (κ2) is 14.3. The van der Waals surface area contributed by atoms with Gasteiger partial charge >= 0.3 is 23.5 Å². The number of aliphatic hydroxyl groups is 1. The average Bonchev–Trinajstić information content (AvgIpc) is 3.50. The predicted molar refractivity (Wildman–Crippen MR) is 161 cm³/mol. The summed E-state index contributed by atoms with van der Waals surface area (Å²) in [5.74, 6) is -0.475. The van der Waals surface area contributed by atoms with Crippen LogP contribution in [0.2, 0.25) is 0 Å². The van der Waals surface area contributed by atoms with Crippen molar-refractivity contribution in [2.45, 2.75) is 51.4 Å². The van der Waals surface area contributed by atoms with E-state index in [-0.39, 0.29) is 29.9 Å². The molecule has 0 saturated carbocycles. The van der Waals surface area contributed by atoms with Crippen molar-refractivity contribution in [2.24, 2.45) is 5.92 Å². The number of fused-ring (bicyclic) bond motifs is 1. The van der Waals surface area contributed by atoms with Crippen LogP contribution in [0.5, 0.6) is 0 Å². The number of aliphatic hydroxyl groups excluding tert-OH is 1. The maximum Gasteiger partial charge on any atom is 0.490 e. The Bertz CT molecular complexity index is 1820. The smallest absolute Gasteiger partial charge is 0.398 e. The number of hydrogen-bond acceptors (Lipinski definition) is 15. The topological polar surface area (TPSA) is 329 Å². The third kappa shape index (κ3) is 8.87. The first-order valence-electron chi connectivity index (χ1n) is 13.6. The van der Waals surface area contributed by atoms with Gasteiger partial charge in [-0.25, -0.2) is 18.7 Å². The number of nitro benzene ring substituents is 2. The van der Waals surface area contributed by atoms with Crippen LogP contribution in [0.4, 0.5) is 17.1 Å². The van der Waals surface area contributed by atoms with E-state index >= 15 is 0 Å². The lowest BCUT2D eigenvalue weighted by molar-refractivity contribution is -0.397. The van der Waals surface area contributed by atoms with Crippen molar-refractivity contribution >= 4 is 51.6 Å². The summed E-state index contributed by atoms with van der Waals surface area (Å²) in [6.07, 6.45) is -2.11. The third-order valence-electron chi connectivity index (χ3n) is 6.92. The van der Waals surface area contributed by atoms with Crippen LogP contribution in [0.1, 0.15) is 43.7 Å². The average molecular weight is 741 g/mol. The van der Waals surface area contributed by atoms with E-state index in [2.05, 4.69) is 18.1 Å². The summed E-state index contributed by atoms with van der Waals surface area (Å²) >= 11 is 0. The number of nitrogens with two attached hydrogens (primary N) is 1. The van der Waals surface area contributed by atoms with Crippen LogP contribution in [0.25, 0.3) is 11.0 Å². The van der Waals surface area contributed by atoms with Crippen LogP contribution in [0.15, 0.2) is 36.7 Å². The summed E-state index contributed by atoms with van der Waals surface area (Å²) in [4.78, 5) is 62.8. The van der Waals surface area contributed by atoms with Gasteiger partial charge in [0.1, 0.15) is 23.5 Å². The first kappa shape index (κ1) is 37.6. The first-order chi connectivity index (χ1) is 22.2. The lowest BCUT2D eigenvalue weighted by Crippen LogP contribution is -2.26. The highest BCUT2D eigenvalue weighted by Gasteiger charge is 2.43. The Morgan fingerprint density at radius 2 is 1.69 bits per heavy atom. The Kier molecular flexibility index (Phi) is 11.2. The van der Waals surface area contributed by atoms with Crippen molar-refractivity contribution in [3.8, 4) is 0 Å². The standard InChI is InChI=1S/C23H30N5O17P3/c1-12(2)22(21-15(27(30)31)4-3-5-16(21)28(32)33)41-10-13-9-26(23-20(13)14(24)6-7-25-23)19-8-17(29)18(43-19)11-42-47(37,38)45-48(39,40)44-46(34,35)36/h3-7,9,12,17-19,22,29H,8,10-11H2,1-2H3,(H2,24,25)(H,37,38)(H,39,40)(H2,34,35,36)/t17-,18-,19-,22?/m1/s1. The fourth-order valence-corrected chi connectivity index (χ4v) is 8.09. The van der Waals surface area contributed by atoms with E-state index in [1.54, 1.807) is 13.8 Å². The van der Waals surface area contributed by atoms with Gasteiger partial charge in [-0.15, -0.1) is 0 Å². The Labute approximate surface area is 269 Å². The van der Waals surface area contributed by atoms with Gasteiger partial charge in [-0.3, -0.25) is 24.8 Å². The molecule has 3 unspecified atom stereocenters. The van der Waals surface area contributed by atoms with Gasteiger partial charge in [0.2, 0.25) is 0 Å². The van der Waals surface area contributed by atoms with E-state index in [0.29, 0.717) is 10.9 Å². The second-order valence-corrected chi connectivity index (χ2v) is 15.1. The van der Waals surface area contributed by atoms with Gasteiger partial charge in [0.25, 0.3) is 11.4 Å². The van der Waals surface area contributed by atoms with Gasteiger partial charge in [-0.05, 0) is 18.1 Å². The molecule has 0 radical (unpaired) electrons. The number of phosphoric ester groups is 1. The summed E-state index contributed by atoms with van der Waals surface area (Å²) in [6, 6.07) is 4.96. The molecule has 2 aromatic heterocycles. The minimum Gasteiger partial charge on any atom is -0.398 e. The van der Waals surface area contributed by atoms with Crippen LogP contribution >= 0.6 is 23.5 Å². The van der Waals surface area contributed by atoms with Crippen LogP contribution < -0.4 is 5.73 Å². The van der Waals surface area contributed by atoms with Gasteiger partial charge in [-0.2, -0.15) is 8.62 Å². The Morgan fingerprint density at radius 1 is 1.06 bits per heavy atom. The van der Waals surface area contributed by atoms with E-state index in [0.717, 1.165) is 12.1 Å². The fourth-order valence-electron chi connectivity index (χ4n) is 5.06. The highest BCUT2D eigenvalue weighted by molar-refractivity contribution is 7.66. The summed E-state index contributed by atoms with van der Waals surface area (Å²) in [7, 11) is -16.9. The number of rotatable bonds is 15. The molecule has 25 heteroatoms. The molecule has 1 aliphatic rings. The predicted octanol–water partition coefficient (Wildman–Crippen LogP) is 3.34. The molecular weight excluding hydrogens is 711 g/mol. The molecule has 4 rings (SSSR count). The Morgan fingerprint density at radius 3 is 2.25 bits per heavy atom. The molecule has 0 bridgehead atoms. The number of phosphoric acid groups is 3. The van der Waals surface area contributed by atoms with Crippen molar-refractivity contribution in [1.29, 1.82) is 0 Å². The van der Waals surface area contributed by atoms with Crippen molar-refractivity contribution in [2.75, 3.05) is 12.3 Å². The zero-order valence-electron chi connectivity index (χ0n) is 24.8. The van der Waals surface area contributed by atoms with Crippen LogP contribution in [-0.4, -0.2) is 62.9 Å². The number of nitrogen functional groups attached to an aromatic ring is 1. The van der Waals surface area contributed by atoms with Crippen LogP contribution in [0, 0.1) is 26.1 Å². The summed E-state index contributed by atoms with van der Waals surface area (Å²) < 4.78 is 59.8. The molecule has 1 saturated heterocycles. The van der Waals surface area contributed by atoms with E-state index in [4.69, 9.17) is 25.0 Å². The van der Waals surface area contributed by atoms with E-state index in [1.807, 2.05) is 0 Å². The van der Waals surface area contributed by atoms with Gasteiger partial charge < -0.3 is 44.5 Å². The molecule has 1 aliphatic heterocycles. The largest absolute Gasteiger partial charge is 0.490 e. The SMILES string of the molecule is CC(C)C(OCc1cn([C@H]2C[C@@H](O)[C@@H](COP(=O)(O)OP(=O)(O)OP(=O)(O)O)O2)c2nccc(N)c12)c1c([N+](=O)[O-])cccc1[N+](=O)[O-]. The van der Waals surface area contributed by atoms with Crippen molar-refractivity contribution in [3.63, 3.8) is 0 Å². The number of pyridine rings is 1. The molecule has 0 spiro atoms. The van der Waals surface area contributed by atoms with Gasteiger partial charge in [0, 0.05) is 47.6 Å². The zero-order chi connectivity index (χ0) is 35.8. The van der Waals surface area contributed by atoms with E-state index in [9.17, 15) is 48.8 Å². The molecule has 1 aromatic carbocycles. The number of hydrogen-bond donors (Lipinski definition) is 6. The summed E-state index contributed by atoms with van der Waals surface area (Å²) in [5.41, 5.74) is 5.87. The lowest BCUT2D eigenvalue weighted by atomic mass is 9.95. The molecule has 264 valence electrons. The molecule has 48 heavy (non-hydrogen) atoms. The number of nitrogens with zero attached hydrogens (tertiary/aromatic N) is 4. The fraction of sp³-hybridized carbons (Fsp3) is 0.435. The second-order valence-electron chi connectivity index (χ2n) is 10.7. The van der Waals surface area contributed by atoms with Crippen molar-refractivity contribution in [3.05, 3.63) is 68.0 Å². The van der Waals surface area contributed by atoms with Gasteiger partial charge in [0.05, 0.1) is 35.3 Å². The molecule has 3 heterocycles. The normalized spacial score (nSPS) is 21.6. The van der Waals surface area contributed by atoms with Gasteiger partial charge in [-0.1, -0.05) is 13.8 Å². The van der Waals surface area contributed by atoms with Crippen LogP contribution in [0.3, 0.4) is 0 Å². The minimum atomic E-state index is -5.76. The zero-order valence-corrected chi connectivity index (χ0v) is 27.5. The molecule has 7 N–H and O–H groups in total. The quantitative estimate of drug-likeness (QED) is 0.0738. The van der Waals surface area contributed by atoms with Gasteiger partial charge in [0.15, 0.2) is 0 Å². The van der Waals surface area contributed by atoms with Crippen LogP contribution in [-0.2, 0) is 42.9 Å². The Balaban J connectivity index is 1.57. The molecule has 22 nitrogen and oxygen atoms in total. The summed E-state index contributed by atoms with van der Waals surface area (Å²) in [5, 5.41) is 34.6. The van der Waals surface area contributed by atoms with Crippen molar-refractivity contribution < 1.29 is 70.8 Å². The molecule has 3 aromatic rings. The lowest BCUT2D eigenvalue weighted by Gasteiger charge is -2.21. The van der Waals surface area contributed by atoms with E-state index in [1.165, 1.54) is 29.1 Å². The third-order valence-corrected chi connectivity index (χ3v) is 10.7. The minimum absolute atomic E-state index is 0.151. The van der Waals surface area contributed by atoms with Crippen molar-refractivity contribution in [1.82, 2.24) is 9.55 Å². The number of ether oxygens (including phenoxy) is 2. The maximum atomic E-state index is 12.1. The number of nitro groups is 2. The number of aromatic nitrogens is 2. The molecular formula is C23H30N5O17P3. The van der Waals surface area contributed by atoms with E-state index < -0.39 is 81.8 Å².